The van der Waals surface area contributed by atoms with Gasteiger partial charge in [0.1, 0.15) is 5.75 Å². The van der Waals surface area contributed by atoms with Crippen molar-refractivity contribution in [1.29, 1.82) is 0 Å². The Morgan fingerprint density at radius 2 is 1.88 bits per heavy atom. The van der Waals surface area contributed by atoms with Crippen LogP contribution in [0.3, 0.4) is 0 Å². The van der Waals surface area contributed by atoms with Gasteiger partial charge in [0.15, 0.2) is 5.75 Å². The number of methoxy groups -OCH3 is 1. The van der Waals surface area contributed by atoms with Gasteiger partial charge in [-0.1, -0.05) is 0 Å². The number of nitrogens with zero attached hydrogens (tertiary/aromatic N) is 3. The monoisotopic (exact) mass is 504 g/mol. The number of ether oxygens (including phenoxy) is 2. The van der Waals surface area contributed by atoms with Crippen molar-refractivity contribution < 1.29 is 37.3 Å². The molecule has 1 amide bonds. The lowest BCUT2D eigenvalue weighted by Gasteiger charge is -2.35. The first kappa shape index (κ1) is 25.6. The second-order valence-electron chi connectivity index (χ2n) is 7.52. The molecule has 3 rings (SSSR count). The Bertz CT molecular complexity index is 1130. The number of benzene rings is 1. The van der Waals surface area contributed by atoms with Crippen LogP contribution in [0.4, 0.5) is 18.9 Å². The quantitative estimate of drug-likeness (QED) is 0.590. The Kier molecular flexibility index (Phi) is 7.87. The van der Waals surface area contributed by atoms with Gasteiger partial charge in [-0.15, -0.1) is 13.2 Å². The molecule has 0 radical (unpaired) electrons. The van der Waals surface area contributed by atoms with Crippen molar-refractivity contribution in [3.05, 3.63) is 47.8 Å². The minimum absolute atomic E-state index is 0. The summed E-state index contributed by atoms with van der Waals surface area (Å²) >= 11 is 0. The Morgan fingerprint density at radius 3 is 2.50 bits per heavy atom. The van der Waals surface area contributed by atoms with Crippen molar-refractivity contribution in [2.75, 3.05) is 43.8 Å². The minimum atomic E-state index is -5.06. The average molecular weight is 505 g/mol. The number of pyridine rings is 1. The first-order chi connectivity index (χ1) is 16.0. The first-order valence-electron chi connectivity index (χ1n) is 10.4. The molecule has 0 unspecified atom stereocenters. The number of hydrogen-bond acceptors (Lipinski definition) is 7. The van der Waals surface area contributed by atoms with Crippen molar-refractivity contribution >= 4 is 21.6 Å². The zero-order valence-corrected chi connectivity index (χ0v) is 19.4. The molecule has 0 spiro atoms. The van der Waals surface area contributed by atoms with Gasteiger partial charge >= 0.3 is 6.36 Å². The number of hydrogen-bond donors (Lipinski definition) is 1. The molecule has 188 valence electrons. The molecule has 1 fully saturated rings. The van der Waals surface area contributed by atoms with Gasteiger partial charge in [-0.05, 0) is 31.2 Å². The Balaban J connectivity index is 0.00000432. The third-order valence-electron chi connectivity index (χ3n) is 5.23. The lowest BCUT2D eigenvalue weighted by atomic mass is 10.1. The van der Waals surface area contributed by atoms with Gasteiger partial charge in [0, 0.05) is 57.7 Å². The number of carbonyl (C=O) groups excluding carboxylic acids is 1. The highest BCUT2D eigenvalue weighted by molar-refractivity contribution is 7.92. The van der Waals surface area contributed by atoms with Gasteiger partial charge in [0.2, 0.25) is 10.0 Å². The van der Waals surface area contributed by atoms with Gasteiger partial charge in [-0.25, -0.2) is 8.42 Å². The molecular formula is C21H27F3N4O5S. The van der Waals surface area contributed by atoms with E-state index in [9.17, 15) is 26.4 Å². The van der Waals surface area contributed by atoms with Crippen molar-refractivity contribution in [1.82, 2.24) is 14.8 Å². The summed E-state index contributed by atoms with van der Waals surface area (Å²) in [4.78, 5) is 20.7. The van der Waals surface area contributed by atoms with Gasteiger partial charge in [-0.2, -0.15) is 0 Å². The smallest absolute Gasteiger partial charge is 0.496 e. The van der Waals surface area contributed by atoms with Crippen LogP contribution >= 0.6 is 0 Å². The third-order valence-corrected chi connectivity index (χ3v) is 6.52. The molecule has 1 saturated heterocycles. The second kappa shape index (κ2) is 10.5. The van der Waals surface area contributed by atoms with Crippen LogP contribution in [0.1, 0.15) is 24.3 Å². The van der Waals surface area contributed by atoms with E-state index in [1.54, 1.807) is 25.6 Å². The molecule has 1 aliphatic rings. The fourth-order valence-electron chi connectivity index (χ4n) is 3.45. The summed E-state index contributed by atoms with van der Waals surface area (Å²) in [6.45, 7) is 3.74. The molecule has 0 aliphatic carbocycles. The Morgan fingerprint density at radius 1 is 1.18 bits per heavy atom. The molecule has 13 heteroatoms. The maximum Gasteiger partial charge on any atom is 0.573 e. The summed E-state index contributed by atoms with van der Waals surface area (Å²) in [5.74, 6) is -0.897. The van der Waals surface area contributed by atoms with Crippen molar-refractivity contribution in [2.45, 2.75) is 19.8 Å². The van der Waals surface area contributed by atoms with E-state index in [0.29, 0.717) is 38.5 Å². The topological polar surface area (TPSA) is 101 Å². The number of anilines is 1. The first-order valence-corrected chi connectivity index (χ1v) is 12.1. The standard InChI is InChI=1S/C21H25F3N4O5S.H2/c1-3-34(30,31)26-17-5-4-15(12-19(17)33-21(22,23)24)20(29)28-10-8-27(9-11-28)14-16-13-25-7-6-18(16)32-2;/h4-7,12-13,26H,3,8-11,14H2,1-2H3;1H. The summed E-state index contributed by atoms with van der Waals surface area (Å²) in [5.41, 5.74) is 0.468. The number of aromatic nitrogens is 1. The highest BCUT2D eigenvalue weighted by atomic mass is 32.2. The number of carbonyl (C=O) groups is 1. The summed E-state index contributed by atoms with van der Waals surface area (Å²) < 4.78 is 73.6. The van der Waals surface area contributed by atoms with E-state index in [0.717, 1.165) is 17.7 Å². The predicted octanol–water partition coefficient (Wildman–Crippen LogP) is 2.95. The fourth-order valence-corrected chi connectivity index (χ4v) is 4.10. The molecule has 1 N–H and O–H groups in total. The number of amides is 1. The average Bonchev–Trinajstić information content (AvgIpc) is 2.79. The molecule has 9 nitrogen and oxygen atoms in total. The number of nitrogens with one attached hydrogen (secondary N) is 1. The van der Waals surface area contributed by atoms with E-state index in [2.05, 4.69) is 14.6 Å². The largest absolute Gasteiger partial charge is 0.573 e. The van der Waals surface area contributed by atoms with E-state index in [1.165, 1.54) is 17.9 Å². The zero-order valence-electron chi connectivity index (χ0n) is 18.6. The number of sulfonamides is 1. The maximum atomic E-state index is 12.9. The summed E-state index contributed by atoms with van der Waals surface area (Å²) in [6, 6.07) is 5.02. The van der Waals surface area contributed by atoms with Gasteiger partial charge in [0.05, 0.1) is 18.6 Å². The molecule has 2 aromatic rings. The zero-order chi connectivity index (χ0) is 24.9. The van der Waals surface area contributed by atoms with Crippen LogP contribution in [0.15, 0.2) is 36.7 Å². The van der Waals surface area contributed by atoms with Crippen molar-refractivity contribution in [3.63, 3.8) is 0 Å². The van der Waals surface area contributed by atoms with E-state index in [1.807, 2.05) is 4.72 Å². The van der Waals surface area contributed by atoms with Crippen LogP contribution in [-0.4, -0.2) is 74.5 Å². The van der Waals surface area contributed by atoms with Crippen molar-refractivity contribution in [2.24, 2.45) is 0 Å². The number of piperazine rings is 1. The molecule has 0 atom stereocenters. The fraction of sp³-hybridized carbons (Fsp3) is 0.429. The van der Waals surface area contributed by atoms with E-state index in [4.69, 9.17) is 4.74 Å². The SMILES string of the molecule is CCS(=O)(=O)Nc1ccc(C(=O)N2CCN(Cc3cnccc3OC)CC2)cc1OC(F)(F)F.[HH]. The van der Waals surface area contributed by atoms with Crippen LogP contribution in [0, 0.1) is 0 Å². The molecule has 1 aromatic heterocycles. The van der Waals surface area contributed by atoms with Crippen molar-refractivity contribution in [3.8, 4) is 11.5 Å². The number of halogens is 3. The Hall–Kier alpha value is -3.06. The minimum Gasteiger partial charge on any atom is -0.496 e. The van der Waals surface area contributed by atoms with Gasteiger partial charge < -0.3 is 14.4 Å². The molecule has 34 heavy (non-hydrogen) atoms. The summed E-state index contributed by atoms with van der Waals surface area (Å²) in [7, 11) is -2.28. The normalized spacial score (nSPS) is 15.1. The molecule has 1 aromatic carbocycles. The molecule has 0 bridgehead atoms. The van der Waals surface area contributed by atoms with E-state index in [-0.39, 0.29) is 12.7 Å². The number of alkyl halides is 3. The predicted molar refractivity (Wildman–Crippen MR) is 120 cm³/mol. The lowest BCUT2D eigenvalue weighted by Crippen LogP contribution is -2.48. The summed E-state index contributed by atoms with van der Waals surface area (Å²) in [6.07, 6.45) is -1.71. The highest BCUT2D eigenvalue weighted by Gasteiger charge is 2.33. The van der Waals surface area contributed by atoms with Crippen LogP contribution < -0.4 is 14.2 Å². The van der Waals surface area contributed by atoms with Crippen LogP contribution in [0.25, 0.3) is 0 Å². The number of rotatable bonds is 8. The third kappa shape index (κ3) is 6.73. The highest BCUT2D eigenvalue weighted by Crippen LogP contribution is 2.32. The van der Waals surface area contributed by atoms with Gasteiger partial charge in [0.25, 0.3) is 5.91 Å². The van der Waals surface area contributed by atoms with E-state index >= 15 is 0 Å². The van der Waals surface area contributed by atoms with Crippen LogP contribution in [-0.2, 0) is 16.6 Å². The lowest BCUT2D eigenvalue weighted by molar-refractivity contribution is -0.274. The van der Waals surface area contributed by atoms with Gasteiger partial charge in [-0.3, -0.25) is 19.4 Å². The second-order valence-corrected chi connectivity index (χ2v) is 9.53. The van der Waals surface area contributed by atoms with Crippen LogP contribution in [0.5, 0.6) is 11.5 Å². The summed E-state index contributed by atoms with van der Waals surface area (Å²) in [5, 5.41) is 0. The maximum absolute atomic E-state index is 12.9. The molecule has 0 saturated carbocycles. The van der Waals surface area contributed by atoms with E-state index < -0.39 is 33.7 Å². The molecular weight excluding hydrogens is 477 g/mol. The Labute approximate surface area is 197 Å². The molecule has 2 heterocycles. The van der Waals surface area contributed by atoms with Crippen LogP contribution in [0.2, 0.25) is 0 Å². The molecule has 1 aliphatic heterocycles.